The third kappa shape index (κ3) is 3.44. The van der Waals surface area contributed by atoms with Crippen molar-refractivity contribution < 1.29 is 4.74 Å². The van der Waals surface area contributed by atoms with E-state index in [1.165, 1.54) is 0 Å². The Bertz CT molecular complexity index is 566. The number of nitrogens with zero attached hydrogens (tertiary/aromatic N) is 4. The number of hydrogen-bond acceptors (Lipinski definition) is 4. The molecular formula is C13H17ClN4O. The smallest absolute Gasteiger partial charge is 0.224 e. The first kappa shape index (κ1) is 13.8. The van der Waals surface area contributed by atoms with Crippen LogP contribution < -0.4 is 4.74 Å². The summed E-state index contributed by atoms with van der Waals surface area (Å²) in [6.45, 7) is 8.11. The number of aromatic nitrogens is 4. The molecule has 0 radical (unpaired) electrons. The van der Waals surface area contributed by atoms with Gasteiger partial charge >= 0.3 is 0 Å². The maximum Gasteiger partial charge on any atom is 0.224 e. The van der Waals surface area contributed by atoms with E-state index < -0.39 is 0 Å². The van der Waals surface area contributed by atoms with Crippen molar-refractivity contribution in [3.63, 3.8) is 0 Å². The molecule has 2 aromatic heterocycles. The van der Waals surface area contributed by atoms with Crippen LogP contribution in [0.4, 0.5) is 0 Å². The minimum Gasteiger partial charge on any atom is -0.436 e. The van der Waals surface area contributed by atoms with E-state index in [-0.39, 0.29) is 12.0 Å². The fourth-order valence-electron chi connectivity index (χ4n) is 1.50. The van der Waals surface area contributed by atoms with E-state index in [2.05, 4.69) is 28.9 Å². The van der Waals surface area contributed by atoms with Gasteiger partial charge in [-0.1, -0.05) is 25.4 Å². The SMILES string of the molecule is CC(C)c1nc(Cl)cc(Oc2cnn(C(C)C)c2)n1. The van der Waals surface area contributed by atoms with Gasteiger partial charge in [-0.2, -0.15) is 10.1 Å². The molecule has 0 saturated heterocycles. The van der Waals surface area contributed by atoms with Gasteiger partial charge in [0.05, 0.1) is 12.4 Å². The third-order valence-electron chi connectivity index (χ3n) is 2.53. The Balaban J connectivity index is 2.22. The van der Waals surface area contributed by atoms with E-state index in [9.17, 15) is 0 Å². The summed E-state index contributed by atoms with van der Waals surface area (Å²) in [5.74, 6) is 1.93. The molecule has 0 amide bonds. The van der Waals surface area contributed by atoms with Crippen LogP contribution in [0.15, 0.2) is 18.5 Å². The van der Waals surface area contributed by atoms with Crippen molar-refractivity contribution in [3.8, 4) is 11.6 Å². The highest BCUT2D eigenvalue weighted by Gasteiger charge is 2.10. The molecule has 6 heteroatoms. The van der Waals surface area contributed by atoms with Crippen LogP contribution in [0.25, 0.3) is 0 Å². The molecule has 0 saturated carbocycles. The molecule has 0 atom stereocenters. The minimum atomic E-state index is 0.194. The van der Waals surface area contributed by atoms with Crippen molar-refractivity contribution in [3.05, 3.63) is 29.4 Å². The van der Waals surface area contributed by atoms with Gasteiger partial charge in [0, 0.05) is 18.0 Å². The second kappa shape index (κ2) is 5.57. The van der Waals surface area contributed by atoms with Crippen molar-refractivity contribution in [1.29, 1.82) is 0 Å². The second-order valence-corrected chi connectivity index (χ2v) is 5.28. The zero-order valence-electron chi connectivity index (χ0n) is 11.5. The summed E-state index contributed by atoms with van der Waals surface area (Å²) in [5.41, 5.74) is 0. The predicted octanol–water partition coefficient (Wildman–Crippen LogP) is 3.82. The molecule has 0 aliphatic rings. The lowest BCUT2D eigenvalue weighted by molar-refractivity contribution is 0.453. The molecule has 0 aromatic carbocycles. The van der Waals surface area contributed by atoms with Gasteiger partial charge in [-0.25, -0.2) is 4.98 Å². The molecule has 0 N–H and O–H groups in total. The highest BCUT2D eigenvalue weighted by molar-refractivity contribution is 6.29. The van der Waals surface area contributed by atoms with E-state index in [1.807, 2.05) is 24.7 Å². The van der Waals surface area contributed by atoms with Crippen LogP contribution in [-0.4, -0.2) is 19.7 Å². The van der Waals surface area contributed by atoms with Gasteiger partial charge in [0.25, 0.3) is 0 Å². The van der Waals surface area contributed by atoms with Crippen molar-refractivity contribution in [2.24, 2.45) is 0 Å². The van der Waals surface area contributed by atoms with Gasteiger partial charge in [0.15, 0.2) is 5.75 Å². The summed E-state index contributed by atoms with van der Waals surface area (Å²) in [4.78, 5) is 8.49. The molecular weight excluding hydrogens is 264 g/mol. The van der Waals surface area contributed by atoms with E-state index in [0.717, 1.165) is 0 Å². The van der Waals surface area contributed by atoms with Gasteiger partial charge < -0.3 is 4.74 Å². The van der Waals surface area contributed by atoms with Crippen molar-refractivity contribution in [1.82, 2.24) is 19.7 Å². The molecule has 0 spiro atoms. The monoisotopic (exact) mass is 280 g/mol. The average Bonchev–Trinajstić information content (AvgIpc) is 2.76. The fraction of sp³-hybridized carbons (Fsp3) is 0.462. The molecule has 0 aliphatic heterocycles. The maximum atomic E-state index is 5.96. The summed E-state index contributed by atoms with van der Waals surface area (Å²) in [5, 5.41) is 4.59. The van der Waals surface area contributed by atoms with Crippen LogP contribution in [0.2, 0.25) is 5.15 Å². The first-order chi connectivity index (χ1) is 8.95. The third-order valence-corrected chi connectivity index (χ3v) is 2.73. The predicted molar refractivity (Wildman–Crippen MR) is 73.8 cm³/mol. The number of ether oxygens (including phenoxy) is 1. The lowest BCUT2D eigenvalue weighted by Gasteiger charge is -2.07. The van der Waals surface area contributed by atoms with Gasteiger partial charge in [0.1, 0.15) is 11.0 Å². The van der Waals surface area contributed by atoms with Crippen LogP contribution in [0.1, 0.15) is 45.5 Å². The standard InChI is InChI=1S/C13H17ClN4O/c1-8(2)13-16-11(14)5-12(17-13)19-10-6-15-18(7-10)9(3)4/h5-9H,1-4H3. The average molecular weight is 281 g/mol. The van der Waals surface area contributed by atoms with Gasteiger partial charge in [-0.15, -0.1) is 0 Å². The zero-order valence-corrected chi connectivity index (χ0v) is 12.2. The summed E-state index contributed by atoms with van der Waals surface area (Å²) >= 11 is 5.96. The van der Waals surface area contributed by atoms with Gasteiger partial charge in [0.2, 0.25) is 5.88 Å². The topological polar surface area (TPSA) is 52.8 Å². The molecule has 19 heavy (non-hydrogen) atoms. The van der Waals surface area contributed by atoms with Crippen LogP contribution in [0.5, 0.6) is 11.6 Å². The fourth-order valence-corrected chi connectivity index (χ4v) is 1.68. The van der Waals surface area contributed by atoms with E-state index in [4.69, 9.17) is 16.3 Å². The molecule has 2 aromatic rings. The molecule has 0 aliphatic carbocycles. The Morgan fingerprint density at radius 2 is 1.95 bits per heavy atom. The minimum absolute atomic E-state index is 0.194. The number of rotatable bonds is 4. The van der Waals surface area contributed by atoms with Crippen LogP contribution >= 0.6 is 11.6 Å². The number of hydrogen-bond donors (Lipinski definition) is 0. The summed E-state index contributed by atoms with van der Waals surface area (Å²) in [6, 6.07) is 1.89. The Hall–Kier alpha value is -1.62. The van der Waals surface area contributed by atoms with Crippen molar-refractivity contribution in [2.45, 2.75) is 39.7 Å². The second-order valence-electron chi connectivity index (χ2n) is 4.89. The summed E-state index contributed by atoms with van der Waals surface area (Å²) in [6.07, 6.45) is 3.49. The first-order valence-electron chi connectivity index (χ1n) is 6.22. The van der Waals surface area contributed by atoms with E-state index in [0.29, 0.717) is 22.6 Å². The molecule has 0 fully saturated rings. The zero-order chi connectivity index (χ0) is 14.0. The Kier molecular flexibility index (Phi) is 4.04. The molecule has 0 unspecified atom stereocenters. The van der Waals surface area contributed by atoms with Crippen molar-refractivity contribution >= 4 is 11.6 Å². The lowest BCUT2D eigenvalue weighted by Crippen LogP contribution is -2.00. The van der Waals surface area contributed by atoms with Crippen LogP contribution in [-0.2, 0) is 0 Å². The molecule has 2 rings (SSSR count). The molecule has 0 bridgehead atoms. The van der Waals surface area contributed by atoms with E-state index >= 15 is 0 Å². The molecule has 5 nitrogen and oxygen atoms in total. The van der Waals surface area contributed by atoms with E-state index in [1.54, 1.807) is 12.3 Å². The first-order valence-corrected chi connectivity index (χ1v) is 6.60. The Labute approximate surface area is 117 Å². The highest BCUT2D eigenvalue weighted by Crippen LogP contribution is 2.24. The van der Waals surface area contributed by atoms with Crippen LogP contribution in [0.3, 0.4) is 0 Å². The normalized spacial score (nSPS) is 11.3. The van der Waals surface area contributed by atoms with Crippen LogP contribution in [0, 0.1) is 0 Å². The Morgan fingerprint density at radius 3 is 2.53 bits per heavy atom. The number of halogens is 1. The summed E-state index contributed by atoms with van der Waals surface area (Å²) in [7, 11) is 0. The molecule has 2 heterocycles. The summed E-state index contributed by atoms with van der Waals surface area (Å²) < 4.78 is 7.48. The highest BCUT2D eigenvalue weighted by atomic mass is 35.5. The van der Waals surface area contributed by atoms with Crippen molar-refractivity contribution in [2.75, 3.05) is 0 Å². The molecule has 102 valence electrons. The largest absolute Gasteiger partial charge is 0.436 e. The maximum absolute atomic E-state index is 5.96. The van der Waals surface area contributed by atoms with Gasteiger partial charge in [-0.05, 0) is 13.8 Å². The quantitative estimate of drug-likeness (QED) is 0.799. The Morgan fingerprint density at radius 1 is 1.21 bits per heavy atom. The lowest BCUT2D eigenvalue weighted by atomic mass is 10.2. The van der Waals surface area contributed by atoms with Gasteiger partial charge in [-0.3, -0.25) is 4.68 Å².